The first-order valence-corrected chi connectivity index (χ1v) is 7.61. The van der Waals surface area contributed by atoms with Gasteiger partial charge in [0.15, 0.2) is 0 Å². The lowest BCUT2D eigenvalue weighted by atomic mass is 9.95. The van der Waals surface area contributed by atoms with Crippen LogP contribution in [0.4, 0.5) is 4.39 Å². The SMILES string of the molecule is CCc1ccc(C(O)c2cccc(F)c2Br)cc1CC. The van der Waals surface area contributed by atoms with Crippen molar-refractivity contribution in [2.75, 3.05) is 0 Å². The fraction of sp³-hybridized carbons (Fsp3) is 0.294. The molecule has 1 unspecified atom stereocenters. The maximum absolute atomic E-state index is 13.6. The Morgan fingerprint density at radius 2 is 1.80 bits per heavy atom. The summed E-state index contributed by atoms with van der Waals surface area (Å²) in [7, 11) is 0. The zero-order valence-electron chi connectivity index (χ0n) is 11.7. The van der Waals surface area contributed by atoms with Crippen molar-refractivity contribution in [2.45, 2.75) is 32.8 Å². The summed E-state index contributed by atoms with van der Waals surface area (Å²) >= 11 is 3.21. The molecule has 2 rings (SSSR count). The summed E-state index contributed by atoms with van der Waals surface area (Å²) in [5.74, 6) is -0.359. The van der Waals surface area contributed by atoms with Crippen molar-refractivity contribution in [3.63, 3.8) is 0 Å². The second kappa shape index (κ2) is 6.51. The Morgan fingerprint density at radius 3 is 2.45 bits per heavy atom. The summed E-state index contributed by atoms with van der Waals surface area (Å²) < 4.78 is 13.9. The van der Waals surface area contributed by atoms with E-state index in [0.29, 0.717) is 10.0 Å². The van der Waals surface area contributed by atoms with Gasteiger partial charge in [-0.2, -0.15) is 0 Å². The van der Waals surface area contributed by atoms with Gasteiger partial charge in [0, 0.05) is 5.56 Å². The molecule has 1 atom stereocenters. The largest absolute Gasteiger partial charge is 0.384 e. The minimum Gasteiger partial charge on any atom is -0.384 e. The third-order valence-electron chi connectivity index (χ3n) is 3.58. The lowest BCUT2D eigenvalue weighted by Gasteiger charge is -2.16. The summed E-state index contributed by atoms with van der Waals surface area (Å²) in [6.45, 7) is 4.22. The lowest BCUT2D eigenvalue weighted by Crippen LogP contribution is -2.03. The van der Waals surface area contributed by atoms with E-state index in [1.807, 2.05) is 18.2 Å². The summed E-state index contributed by atoms with van der Waals surface area (Å²) in [4.78, 5) is 0. The van der Waals surface area contributed by atoms with Crippen LogP contribution in [0.15, 0.2) is 40.9 Å². The predicted molar refractivity (Wildman–Crippen MR) is 83.4 cm³/mol. The van der Waals surface area contributed by atoms with E-state index in [9.17, 15) is 9.50 Å². The maximum Gasteiger partial charge on any atom is 0.137 e. The molecule has 0 heterocycles. The van der Waals surface area contributed by atoms with Gasteiger partial charge in [0.25, 0.3) is 0 Å². The Bertz CT molecular complexity index is 610. The number of hydrogen-bond donors (Lipinski definition) is 1. The van der Waals surface area contributed by atoms with Crippen LogP contribution in [0.25, 0.3) is 0 Å². The van der Waals surface area contributed by atoms with Gasteiger partial charge in [-0.25, -0.2) is 4.39 Å². The quantitative estimate of drug-likeness (QED) is 0.850. The van der Waals surface area contributed by atoms with E-state index >= 15 is 0 Å². The van der Waals surface area contributed by atoms with E-state index in [4.69, 9.17) is 0 Å². The van der Waals surface area contributed by atoms with Crippen LogP contribution in [0.1, 0.15) is 42.2 Å². The molecule has 0 saturated carbocycles. The Balaban J connectivity index is 2.43. The third kappa shape index (κ3) is 2.94. The van der Waals surface area contributed by atoms with E-state index in [-0.39, 0.29) is 5.82 Å². The fourth-order valence-corrected chi connectivity index (χ4v) is 2.88. The molecule has 0 amide bonds. The summed E-state index contributed by atoms with van der Waals surface area (Å²) in [6, 6.07) is 10.7. The molecule has 1 N–H and O–H groups in total. The number of benzene rings is 2. The molecule has 2 aromatic rings. The van der Waals surface area contributed by atoms with Crippen molar-refractivity contribution in [1.82, 2.24) is 0 Å². The molecule has 0 saturated heterocycles. The Hall–Kier alpha value is -1.19. The molecule has 0 bridgehead atoms. The van der Waals surface area contributed by atoms with Crippen molar-refractivity contribution in [3.8, 4) is 0 Å². The molecule has 0 radical (unpaired) electrons. The molecule has 1 nitrogen and oxygen atoms in total. The number of hydrogen-bond acceptors (Lipinski definition) is 1. The maximum atomic E-state index is 13.6. The van der Waals surface area contributed by atoms with Gasteiger partial charge in [-0.05, 0) is 51.5 Å². The Kier molecular flexibility index (Phi) is 4.95. The molecule has 0 aromatic heterocycles. The second-order valence-corrected chi connectivity index (χ2v) is 5.57. The minimum atomic E-state index is -0.823. The molecule has 0 aliphatic rings. The molecule has 0 fully saturated rings. The van der Waals surface area contributed by atoms with Gasteiger partial charge < -0.3 is 5.11 Å². The van der Waals surface area contributed by atoms with Gasteiger partial charge in [0.05, 0.1) is 4.47 Å². The fourth-order valence-electron chi connectivity index (χ4n) is 2.40. The van der Waals surface area contributed by atoms with Crippen LogP contribution in [0, 0.1) is 5.82 Å². The lowest BCUT2D eigenvalue weighted by molar-refractivity contribution is 0.219. The van der Waals surface area contributed by atoms with Crippen LogP contribution in [-0.4, -0.2) is 5.11 Å². The Morgan fingerprint density at radius 1 is 1.10 bits per heavy atom. The minimum absolute atomic E-state index is 0.324. The first-order chi connectivity index (χ1) is 9.58. The van der Waals surface area contributed by atoms with Gasteiger partial charge in [-0.3, -0.25) is 0 Å². The average molecular weight is 337 g/mol. The molecule has 0 spiro atoms. The number of halogens is 2. The number of aliphatic hydroxyl groups is 1. The molecule has 0 aliphatic carbocycles. The van der Waals surface area contributed by atoms with E-state index in [0.717, 1.165) is 18.4 Å². The standard InChI is InChI=1S/C17H18BrFO/c1-3-11-8-9-13(10-12(11)4-2)17(20)14-6-5-7-15(19)16(14)18/h5-10,17,20H,3-4H2,1-2H3. The zero-order valence-corrected chi connectivity index (χ0v) is 13.2. The van der Waals surface area contributed by atoms with E-state index in [2.05, 4.69) is 29.8 Å². The van der Waals surface area contributed by atoms with Crippen LogP contribution in [0.5, 0.6) is 0 Å². The van der Waals surface area contributed by atoms with Crippen molar-refractivity contribution >= 4 is 15.9 Å². The summed E-state index contributed by atoms with van der Waals surface area (Å²) in [5.41, 5.74) is 3.87. The molecule has 3 heteroatoms. The van der Waals surface area contributed by atoms with Crippen LogP contribution in [-0.2, 0) is 12.8 Å². The van der Waals surface area contributed by atoms with Gasteiger partial charge in [-0.1, -0.05) is 44.2 Å². The number of rotatable bonds is 4. The Labute approximate surface area is 127 Å². The molecule has 0 aliphatic heterocycles. The van der Waals surface area contributed by atoms with E-state index in [1.54, 1.807) is 12.1 Å². The molecule has 106 valence electrons. The summed E-state index contributed by atoms with van der Waals surface area (Å²) in [6.07, 6.45) is 1.08. The van der Waals surface area contributed by atoms with Gasteiger partial charge in [0.1, 0.15) is 11.9 Å². The van der Waals surface area contributed by atoms with Crippen LogP contribution >= 0.6 is 15.9 Å². The van der Waals surface area contributed by atoms with Gasteiger partial charge >= 0.3 is 0 Å². The van der Waals surface area contributed by atoms with E-state index < -0.39 is 6.10 Å². The average Bonchev–Trinajstić information content (AvgIpc) is 2.48. The first kappa shape index (κ1) is 15.2. The van der Waals surface area contributed by atoms with Gasteiger partial charge in [-0.15, -0.1) is 0 Å². The molecular weight excluding hydrogens is 319 g/mol. The van der Waals surface area contributed by atoms with E-state index in [1.165, 1.54) is 17.2 Å². The predicted octanol–water partition coefficient (Wildman–Crippen LogP) is 4.79. The van der Waals surface area contributed by atoms with Crippen molar-refractivity contribution in [3.05, 3.63) is 68.9 Å². The monoisotopic (exact) mass is 336 g/mol. The highest BCUT2D eigenvalue weighted by Crippen LogP contribution is 2.31. The number of aryl methyl sites for hydroxylation is 2. The first-order valence-electron chi connectivity index (χ1n) is 6.82. The highest BCUT2D eigenvalue weighted by molar-refractivity contribution is 9.10. The van der Waals surface area contributed by atoms with Gasteiger partial charge in [0.2, 0.25) is 0 Å². The molecular formula is C17H18BrFO. The smallest absolute Gasteiger partial charge is 0.137 e. The van der Waals surface area contributed by atoms with Crippen LogP contribution in [0.2, 0.25) is 0 Å². The highest BCUT2D eigenvalue weighted by atomic mass is 79.9. The van der Waals surface area contributed by atoms with Crippen LogP contribution < -0.4 is 0 Å². The third-order valence-corrected chi connectivity index (χ3v) is 4.42. The van der Waals surface area contributed by atoms with Crippen molar-refractivity contribution in [2.24, 2.45) is 0 Å². The summed E-state index contributed by atoms with van der Waals surface area (Å²) in [5, 5.41) is 10.5. The molecule has 2 aromatic carbocycles. The highest BCUT2D eigenvalue weighted by Gasteiger charge is 2.16. The zero-order chi connectivity index (χ0) is 14.7. The molecule has 20 heavy (non-hydrogen) atoms. The second-order valence-electron chi connectivity index (χ2n) is 4.78. The van der Waals surface area contributed by atoms with Crippen LogP contribution in [0.3, 0.4) is 0 Å². The van der Waals surface area contributed by atoms with Crippen molar-refractivity contribution in [1.29, 1.82) is 0 Å². The normalized spacial score (nSPS) is 12.4. The number of aliphatic hydroxyl groups excluding tert-OH is 1. The van der Waals surface area contributed by atoms with Crippen molar-refractivity contribution < 1.29 is 9.50 Å². The topological polar surface area (TPSA) is 20.2 Å².